The quantitative estimate of drug-likeness (QED) is 0.0412. The number of aldehydes is 1. The predicted molar refractivity (Wildman–Crippen MR) is 188 cm³/mol. The Balaban J connectivity index is 1.37. The Morgan fingerprint density at radius 2 is 1.15 bits per heavy atom. The van der Waals surface area contributed by atoms with E-state index in [-0.39, 0.29) is 63.4 Å². The summed E-state index contributed by atoms with van der Waals surface area (Å²) in [7, 11) is -7.42. The van der Waals surface area contributed by atoms with Gasteiger partial charge in [-0.1, -0.05) is 12.1 Å². The second-order valence-electron chi connectivity index (χ2n) is 10.3. The number of ether oxygens (including phenoxy) is 1. The van der Waals surface area contributed by atoms with Gasteiger partial charge in [0.2, 0.25) is 17.8 Å². The van der Waals surface area contributed by atoms with Crippen LogP contribution in [0.2, 0.25) is 0 Å². The van der Waals surface area contributed by atoms with Gasteiger partial charge in [-0.15, -0.1) is 0 Å². The summed E-state index contributed by atoms with van der Waals surface area (Å²) in [6.45, 7) is -0.0992. The van der Waals surface area contributed by atoms with Gasteiger partial charge in [0.1, 0.15) is 5.75 Å². The van der Waals surface area contributed by atoms with Gasteiger partial charge in [0.05, 0.1) is 57.6 Å². The SMILES string of the molecule is COc1cc(N=Nc2cccc(S(=O)(=O)O)c2)ccc1Nc1nc(NCCO)nc(Nc2ccc(N=Nc3cccc(S(=O)(=O)O)c3)cc2C=O)n1. The van der Waals surface area contributed by atoms with Crippen molar-refractivity contribution in [3.8, 4) is 5.75 Å². The topological polar surface area (TPSA) is 279 Å². The Morgan fingerprint density at radius 3 is 1.65 bits per heavy atom. The van der Waals surface area contributed by atoms with Crippen LogP contribution in [0.4, 0.5) is 52.0 Å². The third-order valence-electron chi connectivity index (χ3n) is 6.66. The van der Waals surface area contributed by atoms with Gasteiger partial charge in [-0.2, -0.15) is 52.2 Å². The van der Waals surface area contributed by atoms with E-state index in [0.717, 1.165) is 12.1 Å². The average Bonchev–Trinajstić information content (AvgIpc) is 3.12. The maximum atomic E-state index is 12.0. The van der Waals surface area contributed by atoms with Crippen molar-refractivity contribution in [1.82, 2.24) is 15.0 Å². The minimum absolute atomic E-state index is 0.00829. The summed E-state index contributed by atoms with van der Waals surface area (Å²) in [6.07, 6.45) is 0.570. The zero-order valence-electron chi connectivity index (χ0n) is 26.8. The Kier molecular flexibility index (Phi) is 11.5. The van der Waals surface area contributed by atoms with Crippen LogP contribution in [0.3, 0.4) is 0 Å². The van der Waals surface area contributed by atoms with Crippen LogP contribution >= 0.6 is 0 Å². The van der Waals surface area contributed by atoms with Crippen molar-refractivity contribution in [2.24, 2.45) is 20.5 Å². The third-order valence-corrected chi connectivity index (χ3v) is 8.36. The van der Waals surface area contributed by atoms with Gasteiger partial charge >= 0.3 is 0 Å². The summed E-state index contributed by atoms with van der Waals surface area (Å²) in [4.78, 5) is 24.4. The summed E-state index contributed by atoms with van der Waals surface area (Å²) < 4.78 is 69.8. The zero-order chi connectivity index (χ0) is 37.3. The molecule has 4 aromatic carbocycles. The highest BCUT2D eigenvalue weighted by Gasteiger charge is 2.14. The third kappa shape index (κ3) is 9.92. The van der Waals surface area contributed by atoms with E-state index in [4.69, 9.17) is 4.74 Å². The van der Waals surface area contributed by atoms with E-state index in [9.17, 15) is 35.8 Å². The van der Waals surface area contributed by atoms with Crippen LogP contribution in [-0.4, -0.2) is 72.5 Å². The fourth-order valence-corrected chi connectivity index (χ4v) is 5.33. The lowest BCUT2D eigenvalue weighted by Gasteiger charge is -2.14. The van der Waals surface area contributed by atoms with Crippen molar-refractivity contribution in [3.05, 3.63) is 90.5 Å². The van der Waals surface area contributed by atoms with Crippen LogP contribution in [-0.2, 0) is 20.2 Å². The monoisotopic (exact) mass is 748 g/mol. The summed E-state index contributed by atoms with van der Waals surface area (Å²) >= 11 is 0. The van der Waals surface area contributed by atoms with E-state index >= 15 is 0 Å². The Labute approximate surface area is 296 Å². The fraction of sp³-hybridized carbons (Fsp3) is 0.0968. The Morgan fingerprint density at radius 1 is 0.673 bits per heavy atom. The highest BCUT2D eigenvalue weighted by atomic mass is 32.2. The molecule has 5 rings (SSSR count). The standard InChI is InChI=1S/C31H28N10O9S2/c1-50-28-17-23(41-39-21-5-3-7-25(16-21)52(47,48)49)9-11-27(28)34-31-36-29(32-12-13-42)35-30(37-31)33-26-10-8-22(14-19(26)18-43)40-38-20-4-2-6-24(15-20)51(44,45)46/h2-11,14-18,42H,12-13H2,1H3,(H,44,45,46)(H,47,48,49)(H3,32,33,34,35,36,37). The molecule has 5 aromatic rings. The molecule has 19 nitrogen and oxygen atoms in total. The Hall–Kier alpha value is -6.26. The molecule has 0 aliphatic heterocycles. The number of carbonyl (C=O) groups is 1. The molecule has 0 unspecified atom stereocenters. The van der Waals surface area contributed by atoms with Gasteiger partial charge in [-0.05, 0) is 66.7 Å². The molecular formula is C31H28N10O9S2. The van der Waals surface area contributed by atoms with Gasteiger partial charge in [-0.25, -0.2) is 0 Å². The van der Waals surface area contributed by atoms with E-state index in [1.54, 1.807) is 18.2 Å². The van der Waals surface area contributed by atoms with Crippen LogP contribution in [0.5, 0.6) is 5.75 Å². The molecule has 0 saturated heterocycles. The number of anilines is 5. The first-order valence-corrected chi connectivity index (χ1v) is 17.6. The van der Waals surface area contributed by atoms with E-state index in [0.29, 0.717) is 29.1 Å². The highest BCUT2D eigenvalue weighted by molar-refractivity contribution is 7.86. The van der Waals surface area contributed by atoms with Crippen molar-refractivity contribution in [2.45, 2.75) is 9.79 Å². The maximum absolute atomic E-state index is 12.0. The molecule has 0 radical (unpaired) electrons. The Bertz CT molecular complexity index is 2390. The van der Waals surface area contributed by atoms with Gasteiger partial charge < -0.3 is 25.8 Å². The van der Waals surface area contributed by atoms with Crippen molar-refractivity contribution >= 4 is 78.5 Å². The predicted octanol–water partition coefficient (Wildman–Crippen LogP) is 5.91. The van der Waals surface area contributed by atoms with Crippen LogP contribution in [0.1, 0.15) is 10.4 Å². The number of hydrogen-bond acceptors (Lipinski definition) is 17. The summed E-state index contributed by atoms with van der Waals surface area (Å²) in [6, 6.07) is 19.7. The molecule has 6 N–H and O–H groups in total. The molecule has 52 heavy (non-hydrogen) atoms. The number of rotatable bonds is 15. The number of aromatic nitrogens is 3. The lowest BCUT2D eigenvalue weighted by Crippen LogP contribution is -2.12. The van der Waals surface area contributed by atoms with Crippen molar-refractivity contribution in [1.29, 1.82) is 0 Å². The lowest BCUT2D eigenvalue weighted by molar-refractivity contribution is 0.112. The first kappa shape index (κ1) is 37.0. The van der Waals surface area contributed by atoms with Gasteiger partial charge in [0.15, 0.2) is 6.29 Å². The minimum atomic E-state index is -4.43. The fourth-order valence-electron chi connectivity index (χ4n) is 4.29. The number of benzene rings is 4. The molecule has 0 amide bonds. The van der Waals surface area contributed by atoms with Crippen molar-refractivity contribution in [3.63, 3.8) is 0 Å². The molecule has 0 saturated carbocycles. The molecule has 0 aliphatic rings. The number of aliphatic hydroxyl groups is 1. The number of nitrogens with zero attached hydrogens (tertiary/aromatic N) is 7. The van der Waals surface area contributed by atoms with E-state index in [2.05, 4.69) is 51.4 Å². The van der Waals surface area contributed by atoms with Gasteiger partial charge in [0.25, 0.3) is 20.2 Å². The molecule has 0 atom stereocenters. The van der Waals surface area contributed by atoms with Crippen LogP contribution in [0.15, 0.2) is 115 Å². The van der Waals surface area contributed by atoms with Gasteiger partial charge in [0, 0.05) is 18.2 Å². The molecule has 0 aliphatic carbocycles. The summed E-state index contributed by atoms with van der Waals surface area (Å²) in [5.41, 5.74) is 1.79. The highest BCUT2D eigenvalue weighted by Crippen LogP contribution is 2.33. The number of carbonyl (C=O) groups excluding carboxylic acids is 1. The molecule has 21 heteroatoms. The molecular weight excluding hydrogens is 721 g/mol. The number of azo groups is 2. The number of hydrogen-bond donors (Lipinski definition) is 6. The molecule has 1 aromatic heterocycles. The molecule has 0 spiro atoms. The second-order valence-corrected chi connectivity index (χ2v) is 13.2. The molecule has 0 bridgehead atoms. The zero-order valence-corrected chi connectivity index (χ0v) is 28.4. The first-order chi connectivity index (χ1) is 24.8. The molecule has 0 fully saturated rings. The average molecular weight is 749 g/mol. The molecule has 268 valence electrons. The van der Waals surface area contributed by atoms with E-state index in [1.165, 1.54) is 61.7 Å². The van der Waals surface area contributed by atoms with Crippen LogP contribution < -0.4 is 20.7 Å². The van der Waals surface area contributed by atoms with Crippen molar-refractivity contribution < 1.29 is 40.6 Å². The number of aliphatic hydroxyl groups excluding tert-OH is 1. The number of nitrogens with one attached hydrogen (secondary N) is 3. The summed E-state index contributed by atoms with van der Waals surface area (Å²) in [5.74, 6) is 0.434. The lowest BCUT2D eigenvalue weighted by atomic mass is 10.2. The van der Waals surface area contributed by atoms with Crippen molar-refractivity contribution in [2.75, 3.05) is 36.2 Å². The minimum Gasteiger partial charge on any atom is -0.494 e. The van der Waals surface area contributed by atoms with Crippen LogP contribution in [0.25, 0.3) is 0 Å². The van der Waals surface area contributed by atoms with Gasteiger partial charge in [-0.3, -0.25) is 13.9 Å². The smallest absolute Gasteiger partial charge is 0.294 e. The van der Waals surface area contributed by atoms with Crippen LogP contribution in [0, 0.1) is 0 Å². The maximum Gasteiger partial charge on any atom is 0.294 e. The van der Waals surface area contributed by atoms with E-state index in [1.807, 2.05) is 0 Å². The largest absolute Gasteiger partial charge is 0.494 e. The summed E-state index contributed by atoms with van der Waals surface area (Å²) in [5, 5.41) is 34.3. The molecule has 1 heterocycles. The van der Waals surface area contributed by atoms with E-state index < -0.39 is 20.2 Å². The number of methoxy groups -OCH3 is 1. The normalized spacial score (nSPS) is 11.8. The second kappa shape index (κ2) is 16.2. The first-order valence-electron chi connectivity index (χ1n) is 14.8.